The van der Waals surface area contributed by atoms with Crippen molar-refractivity contribution in [3.8, 4) is 5.75 Å². The fraction of sp³-hybridized carbons (Fsp3) is 0.429. The Morgan fingerprint density at radius 1 is 1.44 bits per heavy atom. The van der Waals surface area contributed by atoms with E-state index < -0.39 is 5.60 Å². The zero-order valence-electron chi connectivity index (χ0n) is 10.2. The SMILES string of the molecule is C=CC(C)(O)C(C)Cc1ccc(OC)cc1. The van der Waals surface area contributed by atoms with E-state index in [1.165, 1.54) is 5.56 Å². The molecule has 16 heavy (non-hydrogen) atoms. The molecule has 0 amide bonds. The van der Waals surface area contributed by atoms with Gasteiger partial charge in [0.25, 0.3) is 0 Å². The lowest BCUT2D eigenvalue weighted by molar-refractivity contribution is 0.0548. The van der Waals surface area contributed by atoms with Crippen LogP contribution in [0.15, 0.2) is 36.9 Å². The average Bonchev–Trinajstić information content (AvgIpc) is 2.30. The molecule has 2 nitrogen and oxygen atoms in total. The average molecular weight is 220 g/mol. The molecule has 1 rings (SSSR count). The van der Waals surface area contributed by atoms with Gasteiger partial charge in [0.15, 0.2) is 0 Å². The minimum Gasteiger partial charge on any atom is -0.497 e. The summed E-state index contributed by atoms with van der Waals surface area (Å²) >= 11 is 0. The van der Waals surface area contributed by atoms with Crippen LogP contribution in [-0.4, -0.2) is 17.8 Å². The van der Waals surface area contributed by atoms with Crippen molar-refractivity contribution in [3.63, 3.8) is 0 Å². The fourth-order valence-corrected chi connectivity index (χ4v) is 1.52. The van der Waals surface area contributed by atoms with Crippen molar-refractivity contribution < 1.29 is 9.84 Å². The van der Waals surface area contributed by atoms with Crippen LogP contribution in [0.1, 0.15) is 19.4 Å². The first kappa shape index (κ1) is 12.8. The highest BCUT2D eigenvalue weighted by molar-refractivity contribution is 5.27. The number of rotatable bonds is 5. The molecule has 0 bridgehead atoms. The van der Waals surface area contributed by atoms with Crippen LogP contribution >= 0.6 is 0 Å². The maximum absolute atomic E-state index is 10.0. The quantitative estimate of drug-likeness (QED) is 0.773. The van der Waals surface area contributed by atoms with E-state index in [0.717, 1.165) is 12.2 Å². The summed E-state index contributed by atoms with van der Waals surface area (Å²) in [6, 6.07) is 7.92. The van der Waals surface area contributed by atoms with Crippen molar-refractivity contribution in [2.75, 3.05) is 7.11 Å². The summed E-state index contributed by atoms with van der Waals surface area (Å²) < 4.78 is 5.10. The second-order valence-corrected chi connectivity index (χ2v) is 4.38. The zero-order valence-corrected chi connectivity index (χ0v) is 10.2. The first-order valence-corrected chi connectivity index (χ1v) is 5.48. The predicted octanol–water partition coefficient (Wildman–Crippen LogP) is 2.81. The highest BCUT2D eigenvalue weighted by Crippen LogP contribution is 2.23. The van der Waals surface area contributed by atoms with Crippen LogP contribution < -0.4 is 4.74 Å². The zero-order chi connectivity index (χ0) is 12.2. The van der Waals surface area contributed by atoms with E-state index in [-0.39, 0.29) is 5.92 Å². The topological polar surface area (TPSA) is 29.5 Å². The van der Waals surface area contributed by atoms with E-state index in [2.05, 4.69) is 6.58 Å². The summed E-state index contributed by atoms with van der Waals surface area (Å²) in [6.45, 7) is 7.46. The normalized spacial score (nSPS) is 16.2. The Morgan fingerprint density at radius 2 is 2.00 bits per heavy atom. The lowest BCUT2D eigenvalue weighted by atomic mass is 9.86. The summed E-state index contributed by atoms with van der Waals surface area (Å²) in [5.74, 6) is 0.991. The Bertz CT molecular complexity index is 338. The Morgan fingerprint density at radius 3 is 2.44 bits per heavy atom. The smallest absolute Gasteiger partial charge is 0.118 e. The fourth-order valence-electron chi connectivity index (χ4n) is 1.52. The van der Waals surface area contributed by atoms with Crippen molar-refractivity contribution >= 4 is 0 Å². The molecule has 1 aromatic rings. The number of aliphatic hydroxyl groups is 1. The van der Waals surface area contributed by atoms with Gasteiger partial charge in [-0.3, -0.25) is 0 Å². The number of ether oxygens (including phenoxy) is 1. The molecule has 2 atom stereocenters. The van der Waals surface area contributed by atoms with Crippen molar-refractivity contribution in [1.82, 2.24) is 0 Å². The maximum atomic E-state index is 10.0. The maximum Gasteiger partial charge on any atom is 0.118 e. The third kappa shape index (κ3) is 3.11. The molecule has 0 fully saturated rings. The van der Waals surface area contributed by atoms with Gasteiger partial charge in [0.1, 0.15) is 5.75 Å². The Balaban J connectivity index is 2.69. The van der Waals surface area contributed by atoms with Gasteiger partial charge in [-0.15, -0.1) is 6.58 Å². The van der Waals surface area contributed by atoms with E-state index in [1.807, 2.05) is 31.2 Å². The molecule has 2 unspecified atom stereocenters. The van der Waals surface area contributed by atoms with E-state index in [4.69, 9.17) is 4.74 Å². The number of hydrogen-bond acceptors (Lipinski definition) is 2. The molecule has 0 saturated heterocycles. The molecule has 0 spiro atoms. The van der Waals surface area contributed by atoms with Crippen LogP contribution in [0.2, 0.25) is 0 Å². The van der Waals surface area contributed by atoms with Crippen LogP contribution in [0, 0.1) is 5.92 Å². The minimum absolute atomic E-state index is 0.137. The summed E-state index contributed by atoms with van der Waals surface area (Å²) in [6.07, 6.45) is 2.42. The molecule has 0 aliphatic carbocycles. The number of benzene rings is 1. The molecular weight excluding hydrogens is 200 g/mol. The van der Waals surface area contributed by atoms with Crippen molar-refractivity contribution in [2.45, 2.75) is 25.9 Å². The largest absolute Gasteiger partial charge is 0.497 e. The second-order valence-electron chi connectivity index (χ2n) is 4.38. The Hall–Kier alpha value is -1.28. The van der Waals surface area contributed by atoms with Gasteiger partial charge < -0.3 is 9.84 Å². The highest BCUT2D eigenvalue weighted by Gasteiger charge is 2.24. The summed E-state index contributed by atoms with van der Waals surface area (Å²) in [7, 11) is 1.65. The van der Waals surface area contributed by atoms with E-state index in [1.54, 1.807) is 20.1 Å². The van der Waals surface area contributed by atoms with Crippen molar-refractivity contribution in [2.24, 2.45) is 5.92 Å². The third-order valence-corrected chi connectivity index (χ3v) is 3.11. The van der Waals surface area contributed by atoms with Gasteiger partial charge in [0.05, 0.1) is 12.7 Å². The molecule has 1 N–H and O–H groups in total. The standard InChI is InChI=1S/C14H20O2/c1-5-14(3,15)11(2)10-12-6-8-13(16-4)9-7-12/h5-9,11,15H,1,10H2,2-4H3. The third-order valence-electron chi connectivity index (χ3n) is 3.11. The number of hydrogen-bond donors (Lipinski definition) is 1. The van der Waals surface area contributed by atoms with Crippen LogP contribution in [0.3, 0.4) is 0 Å². The van der Waals surface area contributed by atoms with Gasteiger partial charge in [-0.1, -0.05) is 25.1 Å². The van der Waals surface area contributed by atoms with E-state index in [9.17, 15) is 5.11 Å². The van der Waals surface area contributed by atoms with E-state index in [0.29, 0.717) is 0 Å². The molecule has 0 saturated carbocycles. The molecule has 0 radical (unpaired) electrons. The lowest BCUT2D eigenvalue weighted by Crippen LogP contribution is -2.31. The predicted molar refractivity (Wildman–Crippen MR) is 66.7 cm³/mol. The van der Waals surface area contributed by atoms with Gasteiger partial charge in [0, 0.05) is 0 Å². The van der Waals surface area contributed by atoms with Gasteiger partial charge in [-0.25, -0.2) is 0 Å². The molecule has 88 valence electrons. The van der Waals surface area contributed by atoms with Gasteiger partial charge >= 0.3 is 0 Å². The highest BCUT2D eigenvalue weighted by atomic mass is 16.5. The van der Waals surface area contributed by atoms with Gasteiger partial charge in [0.2, 0.25) is 0 Å². The monoisotopic (exact) mass is 220 g/mol. The van der Waals surface area contributed by atoms with Gasteiger partial charge in [-0.05, 0) is 37.0 Å². The Labute approximate surface area is 97.6 Å². The molecule has 0 aromatic heterocycles. The van der Waals surface area contributed by atoms with Gasteiger partial charge in [-0.2, -0.15) is 0 Å². The molecule has 2 heteroatoms. The van der Waals surface area contributed by atoms with Crippen LogP contribution in [-0.2, 0) is 6.42 Å². The second kappa shape index (κ2) is 5.17. The van der Waals surface area contributed by atoms with Crippen molar-refractivity contribution in [3.05, 3.63) is 42.5 Å². The molecule has 1 aromatic carbocycles. The van der Waals surface area contributed by atoms with Crippen molar-refractivity contribution in [1.29, 1.82) is 0 Å². The van der Waals surface area contributed by atoms with Crippen LogP contribution in [0.4, 0.5) is 0 Å². The Kier molecular flexibility index (Phi) is 4.13. The first-order valence-electron chi connectivity index (χ1n) is 5.48. The van der Waals surface area contributed by atoms with E-state index >= 15 is 0 Å². The van der Waals surface area contributed by atoms with Crippen LogP contribution in [0.25, 0.3) is 0 Å². The minimum atomic E-state index is -0.820. The molecule has 0 heterocycles. The summed E-state index contributed by atoms with van der Waals surface area (Å²) in [4.78, 5) is 0. The summed E-state index contributed by atoms with van der Waals surface area (Å²) in [5, 5.41) is 10.0. The lowest BCUT2D eigenvalue weighted by Gasteiger charge is -2.26. The molecule has 0 aliphatic heterocycles. The molecule has 0 aliphatic rings. The van der Waals surface area contributed by atoms with Crippen LogP contribution in [0.5, 0.6) is 5.75 Å². The number of methoxy groups -OCH3 is 1. The summed E-state index contributed by atoms with van der Waals surface area (Å²) in [5.41, 5.74) is 0.371. The molecular formula is C14H20O2. The first-order chi connectivity index (χ1) is 7.49.